The molecule has 0 aliphatic heterocycles. The highest BCUT2D eigenvalue weighted by Gasteiger charge is 2.29. The first kappa shape index (κ1) is 15.2. The molecule has 1 aliphatic rings. The fourth-order valence-electron chi connectivity index (χ4n) is 2.66. The number of hydrogen-bond donors (Lipinski definition) is 3. The van der Waals surface area contributed by atoms with Gasteiger partial charge in [-0.1, -0.05) is 6.92 Å². The van der Waals surface area contributed by atoms with Crippen LogP contribution in [0.5, 0.6) is 0 Å². The number of nitrogens with two attached hydrogens (primary N) is 2. The molecule has 1 saturated carbocycles. The third-order valence-corrected chi connectivity index (χ3v) is 5.33. The number of aryl methyl sites for hydroxylation is 2. The van der Waals surface area contributed by atoms with Crippen molar-refractivity contribution in [3.63, 3.8) is 0 Å². The van der Waals surface area contributed by atoms with Gasteiger partial charge in [0.1, 0.15) is 5.82 Å². The van der Waals surface area contributed by atoms with Gasteiger partial charge in [-0.15, -0.1) is 11.3 Å². The minimum atomic E-state index is 0.296. The Morgan fingerprint density at radius 2 is 2.09 bits per heavy atom. The van der Waals surface area contributed by atoms with E-state index in [9.17, 15) is 0 Å². The Kier molecular flexibility index (Phi) is 4.26. The second-order valence-electron chi connectivity index (χ2n) is 5.79. The topological polar surface area (TPSA) is 103 Å². The number of anilines is 2. The number of nitrogen functional groups attached to an aromatic ring is 1. The summed E-state index contributed by atoms with van der Waals surface area (Å²) in [5.74, 6) is 1.50. The molecule has 6 nitrogen and oxygen atoms in total. The van der Waals surface area contributed by atoms with Crippen molar-refractivity contribution in [1.29, 1.82) is 0 Å². The highest BCUT2D eigenvalue weighted by molar-refractivity contribution is 7.11. The lowest BCUT2D eigenvalue weighted by Crippen LogP contribution is -2.35. The van der Waals surface area contributed by atoms with E-state index in [1.54, 1.807) is 11.3 Å². The van der Waals surface area contributed by atoms with Gasteiger partial charge >= 0.3 is 0 Å². The van der Waals surface area contributed by atoms with E-state index < -0.39 is 0 Å². The maximum atomic E-state index is 5.85. The van der Waals surface area contributed by atoms with Crippen LogP contribution >= 0.6 is 11.3 Å². The first-order valence-corrected chi connectivity index (χ1v) is 8.46. The quantitative estimate of drug-likeness (QED) is 0.781. The lowest BCUT2D eigenvalue weighted by atomic mass is 9.78. The van der Waals surface area contributed by atoms with Gasteiger partial charge < -0.3 is 16.8 Å². The Balaban J connectivity index is 1.70. The molecule has 1 fully saturated rings. The van der Waals surface area contributed by atoms with Gasteiger partial charge in [-0.25, -0.2) is 9.97 Å². The molecule has 3 rings (SSSR count). The van der Waals surface area contributed by atoms with E-state index >= 15 is 0 Å². The summed E-state index contributed by atoms with van der Waals surface area (Å²) < 4.78 is 0. The standard InChI is InChI=1S/C15H22N6S/c1-3-14-19-8(2)12(22-14)7-18-13-6-11(20-15(17)21-13)9-4-10(16)5-9/h6,9-10H,3-5,7,16H2,1-2H3,(H3,17,18,20,21). The van der Waals surface area contributed by atoms with Crippen LogP contribution in [0.25, 0.3) is 0 Å². The maximum absolute atomic E-state index is 5.85. The third-order valence-electron chi connectivity index (χ3n) is 4.03. The molecule has 0 radical (unpaired) electrons. The van der Waals surface area contributed by atoms with Gasteiger partial charge in [0.05, 0.1) is 22.9 Å². The zero-order chi connectivity index (χ0) is 15.7. The van der Waals surface area contributed by atoms with Crippen molar-refractivity contribution < 1.29 is 0 Å². The molecular formula is C15H22N6S. The second kappa shape index (κ2) is 6.18. The average molecular weight is 318 g/mol. The predicted molar refractivity (Wildman–Crippen MR) is 90.0 cm³/mol. The molecule has 2 aromatic rings. The Hall–Kier alpha value is -1.73. The minimum Gasteiger partial charge on any atom is -0.368 e. The molecule has 22 heavy (non-hydrogen) atoms. The Morgan fingerprint density at radius 3 is 2.73 bits per heavy atom. The molecule has 2 heterocycles. The molecule has 7 heteroatoms. The zero-order valence-corrected chi connectivity index (χ0v) is 13.8. The van der Waals surface area contributed by atoms with Crippen LogP contribution in [-0.2, 0) is 13.0 Å². The average Bonchev–Trinajstić information content (AvgIpc) is 2.81. The Morgan fingerprint density at radius 1 is 1.32 bits per heavy atom. The maximum Gasteiger partial charge on any atom is 0.222 e. The minimum absolute atomic E-state index is 0.296. The highest BCUT2D eigenvalue weighted by atomic mass is 32.1. The normalized spacial score (nSPS) is 20.7. The van der Waals surface area contributed by atoms with Gasteiger partial charge in [-0.05, 0) is 26.2 Å². The van der Waals surface area contributed by atoms with Crippen LogP contribution in [0.2, 0.25) is 0 Å². The van der Waals surface area contributed by atoms with Crippen LogP contribution in [-0.4, -0.2) is 21.0 Å². The molecule has 0 saturated heterocycles. The fourth-order valence-corrected chi connectivity index (χ4v) is 3.61. The van der Waals surface area contributed by atoms with Gasteiger partial charge in [0.25, 0.3) is 0 Å². The van der Waals surface area contributed by atoms with E-state index in [1.165, 1.54) is 9.88 Å². The van der Waals surface area contributed by atoms with Crippen LogP contribution < -0.4 is 16.8 Å². The number of thiazole rings is 1. The van der Waals surface area contributed by atoms with Gasteiger partial charge in [-0.2, -0.15) is 4.98 Å². The summed E-state index contributed by atoms with van der Waals surface area (Å²) in [6.07, 6.45) is 2.92. The van der Waals surface area contributed by atoms with Gasteiger partial charge in [0.2, 0.25) is 5.95 Å². The monoisotopic (exact) mass is 318 g/mol. The van der Waals surface area contributed by atoms with E-state index in [1.807, 2.05) is 13.0 Å². The number of aromatic nitrogens is 3. The molecule has 0 aromatic carbocycles. The van der Waals surface area contributed by atoms with Crippen LogP contribution in [0.3, 0.4) is 0 Å². The van der Waals surface area contributed by atoms with Gasteiger partial charge in [0.15, 0.2) is 0 Å². The SMILES string of the molecule is CCc1nc(C)c(CNc2cc(C3CC(N)C3)nc(N)n2)s1. The second-order valence-corrected chi connectivity index (χ2v) is 6.96. The van der Waals surface area contributed by atoms with E-state index in [2.05, 4.69) is 27.2 Å². The zero-order valence-electron chi connectivity index (χ0n) is 13.0. The summed E-state index contributed by atoms with van der Waals surface area (Å²) in [6.45, 7) is 4.88. The van der Waals surface area contributed by atoms with Crippen molar-refractivity contribution in [3.8, 4) is 0 Å². The third kappa shape index (κ3) is 3.20. The molecule has 0 atom stereocenters. The van der Waals surface area contributed by atoms with E-state index in [-0.39, 0.29) is 0 Å². The first-order chi connectivity index (χ1) is 10.5. The highest BCUT2D eigenvalue weighted by Crippen LogP contribution is 2.35. The number of nitrogens with zero attached hydrogens (tertiary/aromatic N) is 3. The van der Waals surface area contributed by atoms with Crippen LogP contribution in [0.15, 0.2) is 6.07 Å². The summed E-state index contributed by atoms with van der Waals surface area (Å²) in [5, 5.41) is 4.51. The van der Waals surface area contributed by atoms with Crippen molar-refractivity contribution >= 4 is 23.1 Å². The van der Waals surface area contributed by atoms with Crippen molar-refractivity contribution in [1.82, 2.24) is 15.0 Å². The Bertz CT molecular complexity index is 662. The smallest absolute Gasteiger partial charge is 0.222 e. The largest absolute Gasteiger partial charge is 0.368 e. The molecule has 2 aromatic heterocycles. The first-order valence-electron chi connectivity index (χ1n) is 7.64. The van der Waals surface area contributed by atoms with Crippen LogP contribution in [0.4, 0.5) is 11.8 Å². The van der Waals surface area contributed by atoms with Crippen molar-refractivity contribution in [2.75, 3.05) is 11.1 Å². The number of hydrogen-bond acceptors (Lipinski definition) is 7. The number of nitrogens with one attached hydrogen (secondary N) is 1. The van der Waals surface area contributed by atoms with Gasteiger partial charge in [0, 0.05) is 22.9 Å². The summed E-state index contributed by atoms with van der Waals surface area (Å²) in [4.78, 5) is 14.4. The molecule has 5 N–H and O–H groups in total. The summed E-state index contributed by atoms with van der Waals surface area (Å²) >= 11 is 1.74. The fraction of sp³-hybridized carbons (Fsp3) is 0.533. The van der Waals surface area contributed by atoms with Crippen molar-refractivity contribution in [2.45, 2.75) is 51.6 Å². The molecule has 0 amide bonds. The Labute approximate surface area is 134 Å². The summed E-state index contributed by atoms with van der Waals surface area (Å²) in [5.41, 5.74) is 13.8. The van der Waals surface area contributed by atoms with Crippen molar-refractivity contribution in [2.24, 2.45) is 5.73 Å². The van der Waals surface area contributed by atoms with Gasteiger partial charge in [-0.3, -0.25) is 0 Å². The molecule has 0 spiro atoms. The van der Waals surface area contributed by atoms with E-state index in [0.29, 0.717) is 24.5 Å². The molecule has 0 unspecified atom stereocenters. The van der Waals surface area contributed by atoms with Crippen molar-refractivity contribution in [3.05, 3.63) is 27.3 Å². The summed E-state index contributed by atoms with van der Waals surface area (Å²) in [7, 11) is 0. The molecular weight excluding hydrogens is 296 g/mol. The molecule has 1 aliphatic carbocycles. The molecule has 118 valence electrons. The predicted octanol–water partition coefficient (Wildman–Crippen LogP) is 2.20. The van der Waals surface area contributed by atoms with E-state index in [0.717, 1.165) is 36.5 Å². The lowest BCUT2D eigenvalue weighted by molar-refractivity contribution is 0.345. The number of rotatable bonds is 5. The van der Waals surface area contributed by atoms with E-state index in [4.69, 9.17) is 11.5 Å². The van der Waals surface area contributed by atoms with Crippen LogP contribution in [0, 0.1) is 6.92 Å². The lowest BCUT2D eigenvalue weighted by Gasteiger charge is -2.32. The summed E-state index contributed by atoms with van der Waals surface area (Å²) in [6, 6.07) is 2.29. The molecule has 0 bridgehead atoms. The van der Waals surface area contributed by atoms with Crippen LogP contribution in [0.1, 0.15) is 47.0 Å².